The summed E-state index contributed by atoms with van der Waals surface area (Å²) in [7, 11) is 0. The number of carboxylic acid groups (broad SMARTS) is 1. The van der Waals surface area contributed by atoms with Gasteiger partial charge in [0.15, 0.2) is 0 Å². The van der Waals surface area contributed by atoms with Crippen molar-refractivity contribution in [2.45, 2.75) is 32.2 Å². The third kappa shape index (κ3) is 3.17. The fourth-order valence-electron chi connectivity index (χ4n) is 2.31. The highest BCUT2D eigenvalue weighted by atomic mass is 79.9. The molecule has 0 radical (unpaired) electrons. The van der Waals surface area contributed by atoms with Gasteiger partial charge in [0.25, 0.3) is 0 Å². The summed E-state index contributed by atoms with van der Waals surface area (Å²) < 4.78 is 13.8. The Bertz CT molecular complexity index is 543. The van der Waals surface area contributed by atoms with Crippen LogP contribution in [-0.2, 0) is 16.1 Å². The minimum absolute atomic E-state index is 0.0186. The second kappa shape index (κ2) is 5.91. The predicted molar refractivity (Wildman–Crippen MR) is 74.5 cm³/mol. The minimum Gasteiger partial charge on any atom is -0.481 e. The van der Waals surface area contributed by atoms with Gasteiger partial charge in [0.1, 0.15) is 5.82 Å². The number of aliphatic carboxylic acids is 1. The zero-order valence-electron chi connectivity index (χ0n) is 10.8. The maximum atomic E-state index is 13.1. The van der Waals surface area contributed by atoms with Crippen LogP contribution in [0, 0.1) is 11.2 Å². The van der Waals surface area contributed by atoms with Gasteiger partial charge in [0, 0.05) is 17.4 Å². The van der Waals surface area contributed by atoms with E-state index >= 15 is 0 Å². The molecular formula is C14H15BrFNO3. The third-order valence-electron chi connectivity index (χ3n) is 3.75. The lowest BCUT2D eigenvalue weighted by molar-refractivity contribution is -0.157. The summed E-state index contributed by atoms with van der Waals surface area (Å²) >= 11 is 3.28. The van der Waals surface area contributed by atoms with Crippen molar-refractivity contribution in [3.8, 4) is 0 Å². The lowest BCUT2D eigenvalue weighted by Gasteiger charge is -2.36. The van der Waals surface area contributed by atoms with Crippen molar-refractivity contribution in [3.63, 3.8) is 0 Å². The lowest BCUT2D eigenvalue weighted by atomic mass is 9.66. The summed E-state index contributed by atoms with van der Waals surface area (Å²) in [4.78, 5) is 23.0. The molecule has 1 saturated carbocycles. The SMILES string of the molecule is O=C(CC1(C(=O)O)CCC1)NCc1cc(F)ccc1Br. The van der Waals surface area contributed by atoms with Gasteiger partial charge >= 0.3 is 5.97 Å². The van der Waals surface area contributed by atoms with E-state index in [0.29, 0.717) is 22.9 Å². The molecule has 2 N–H and O–H groups in total. The van der Waals surface area contributed by atoms with Crippen molar-refractivity contribution in [3.05, 3.63) is 34.1 Å². The Kier molecular flexibility index (Phi) is 4.42. The van der Waals surface area contributed by atoms with Crippen molar-refractivity contribution < 1.29 is 19.1 Å². The van der Waals surface area contributed by atoms with E-state index in [4.69, 9.17) is 5.11 Å². The largest absolute Gasteiger partial charge is 0.481 e. The molecule has 0 unspecified atom stereocenters. The zero-order valence-corrected chi connectivity index (χ0v) is 12.4. The van der Waals surface area contributed by atoms with E-state index in [1.165, 1.54) is 12.1 Å². The van der Waals surface area contributed by atoms with Crippen molar-refractivity contribution in [2.75, 3.05) is 0 Å². The first-order chi connectivity index (χ1) is 9.43. The molecule has 0 heterocycles. The second-order valence-electron chi connectivity index (χ2n) is 5.13. The number of carbonyl (C=O) groups is 2. The van der Waals surface area contributed by atoms with Crippen molar-refractivity contribution in [1.29, 1.82) is 0 Å². The number of hydrogen-bond acceptors (Lipinski definition) is 2. The standard InChI is InChI=1S/C14H15BrFNO3/c15-11-3-2-10(16)6-9(11)8-17-12(18)7-14(13(19)20)4-1-5-14/h2-3,6H,1,4-5,7-8H2,(H,17,18)(H,19,20). The Morgan fingerprint density at radius 3 is 2.65 bits per heavy atom. The molecule has 0 saturated heterocycles. The Labute approximate surface area is 124 Å². The Morgan fingerprint density at radius 2 is 2.10 bits per heavy atom. The molecule has 1 aromatic carbocycles. The van der Waals surface area contributed by atoms with Crippen molar-refractivity contribution >= 4 is 27.8 Å². The van der Waals surface area contributed by atoms with Gasteiger partial charge in [-0.25, -0.2) is 4.39 Å². The van der Waals surface area contributed by atoms with E-state index < -0.39 is 11.4 Å². The normalized spacial score (nSPS) is 16.3. The molecule has 6 heteroatoms. The minimum atomic E-state index is -0.911. The number of carbonyl (C=O) groups excluding carboxylic acids is 1. The highest BCUT2D eigenvalue weighted by molar-refractivity contribution is 9.10. The van der Waals surface area contributed by atoms with Crippen LogP contribution in [0.4, 0.5) is 4.39 Å². The van der Waals surface area contributed by atoms with Crippen molar-refractivity contribution in [1.82, 2.24) is 5.32 Å². The van der Waals surface area contributed by atoms with E-state index in [1.54, 1.807) is 6.07 Å². The predicted octanol–water partition coefficient (Wildman–Crippen LogP) is 2.85. The van der Waals surface area contributed by atoms with E-state index in [1.807, 2.05) is 0 Å². The first-order valence-corrected chi connectivity index (χ1v) is 7.16. The average Bonchev–Trinajstić information content (AvgIpc) is 2.34. The maximum absolute atomic E-state index is 13.1. The number of benzene rings is 1. The molecule has 0 aromatic heterocycles. The Morgan fingerprint density at radius 1 is 1.40 bits per heavy atom. The summed E-state index contributed by atoms with van der Waals surface area (Å²) in [5.74, 6) is -1.60. The van der Waals surface area contributed by atoms with E-state index in [2.05, 4.69) is 21.2 Å². The molecule has 2 rings (SSSR count). The highest BCUT2D eigenvalue weighted by Crippen LogP contribution is 2.44. The molecule has 1 amide bonds. The van der Waals surface area contributed by atoms with Crippen LogP contribution in [-0.4, -0.2) is 17.0 Å². The number of rotatable bonds is 5. The van der Waals surface area contributed by atoms with Crippen LogP contribution in [0.5, 0.6) is 0 Å². The van der Waals surface area contributed by atoms with Gasteiger partial charge in [-0.05, 0) is 36.6 Å². The smallest absolute Gasteiger partial charge is 0.310 e. The second-order valence-corrected chi connectivity index (χ2v) is 5.98. The van der Waals surface area contributed by atoms with Gasteiger partial charge in [-0.3, -0.25) is 9.59 Å². The molecule has 0 spiro atoms. The zero-order chi connectivity index (χ0) is 14.8. The molecule has 1 aliphatic carbocycles. The average molecular weight is 344 g/mol. The third-order valence-corrected chi connectivity index (χ3v) is 4.52. The Balaban J connectivity index is 1.92. The van der Waals surface area contributed by atoms with Crippen LogP contribution >= 0.6 is 15.9 Å². The molecule has 1 fully saturated rings. The lowest BCUT2D eigenvalue weighted by Crippen LogP contribution is -2.42. The molecular weight excluding hydrogens is 329 g/mol. The van der Waals surface area contributed by atoms with Crippen molar-refractivity contribution in [2.24, 2.45) is 5.41 Å². The van der Waals surface area contributed by atoms with Gasteiger partial charge in [0.05, 0.1) is 5.41 Å². The summed E-state index contributed by atoms with van der Waals surface area (Å²) in [5.41, 5.74) is -0.278. The Hall–Kier alpha value is -1.43. The first-order valence-electron chi connectivity index (χ1n) is 6.37. The van der Waals surface area contributed by atoms with Crippen LogP contribution in [0.15, 0.2) is 22.7 Å². The molecule has 0 atom stereocenters. The van der Waals surface area contributed by atoms with Gasteiger partial charge in [-0.2, -0.15) is 0 Å². The molecule has 20 heavy (non-hydrogen) atoms. The van der Waals surface area contributed by atoms with Gasteiger partial charge in [0.2, 0.25) is 5.91 Å². The summed E-state index contributed by atoms with van der Waals surface area (Å²) in [6, 6.07) is 4.23. The summed E-state index contributed by atoms with van der Waals surface area (Å²) in [6.07, 6.45) is 1.91. The number of carboxylic acids is 1. The fraction of sp³-hybridized carbons (Fsp3) is 0.429. The van der Waals surface area contributed by atoms with Crippen LogP contribution < -0.4 is 5.32 Å². The molecule has 1 aromatic rings. The van der Waals surface area contributed by atoms with Crippen LogP contribution in [0.2, 0.25) is 0 Å². The molecule has 0 bridgehead atoms. The van der Waals surface area contributed by atoms with E-state index in [-0.39, 0.29) is 24.7 Å². The number of hydrogen-bond donors (Lipinski definition) is 2. The van der Waals surface area contributed by atoms with Gasteiger partial charge in [-0.15, -0.1) is 0 Å². The topological polar surface area (TPSA) is 66.4 Å². The van der Waals surface area contributed by atoms with Gasteiger partial charge in [-0.1, -0.05) is 22.4 Å². The monoisotopic (exact) mass is 343 g/mol. The summed E-state index contributed by atoms with van der Waals surface area (Å²) in [6.45, 7) is 0.173. The van der Waals surface area contributed by atoms with Crippen LogP contribution in [0.1, 0.15) is 31.2 Å². The van der Waals surface area contributed by atoms with E-state index in [0.717, 1.165) is 6.42 Å². The van der Waals surface area contributed by atoms with Crippen LogP contribution in [0.25, 0.3) is 0 Å². The molecule has 108 valence electrons. The first kappa shape index (κ1) is 15.0. The van der Waals surface area contributed by atoms with Gasteiger partial charge < -0.3 is 10.4 Å². The maximum Gasteiger partial charge on any atom is 0.310 e. The number of halogens is 2. The van der Waals surface area contributed by atoms with E-state index in [9.17, 15) is 14.0 Å². The molecule has 4 nitrogen and oxygen atoms in total. The quantitative estimate of drug-likeness (QED) is 0.863. The van der Waals surface area contributed by atoms with Crippen LogP contribution in [0.3, 0.4) is 0 Å². The highest BCUT2D eigenvalue weighted by Gasteiger charge is 2.45. The number of amides is 1. The fourth-order valence-corrected chi connectivity index (χ4v) is 2.70. The molecule has 1 aliphatic rings. The summed E-state index contributed by atoms with van der Waals surface area (Å²) in [5, 5.41) is 11.8. The number of nitrogens with one attached hydrogen (secondary N) is 1. The molecule has 0 aliphatic heterocycles.